The van der Waals surface area contributed by atoms with Crippen molar-refractivity contribution in [3.05, 3.63) is 39.8 Å². The van der Waals surface area contributed by atoms with E-state index in [1.807, 2.05) is 19.1 Å². The van der Waals surface area contributed by atoms with E-state index < -0.39 is 0 Å². The van der Waals surface area contributed by atoms with Gasteiger partial charge in [0.1, 0.15) is 5.82 Å². The molecule has 96 valence electrons. The van der Waals surface area contributed by atoms with Gasteiger partial charge in [0.15, 0.2) is 0 Å². The van der Waals surface area contributed by atoms with Crippen molar-refractivity contribution in [2.24, 2.45) is 0 Å². The predicted molar refractivity (Wildman–Crippen MR) is 78.9 cm³/mol. The first-order valence-electron chi connectivity index (χ1n) is 5.52. The number of fused-ring (bicyclic) bond motifs is 1. The summed E-state index contributed by atoms with van der Waals surface area (Å²) in [5, 5.41) is 11.4. The molecule has 0 aliphatic rings. The number of aromatic amines is 1. The van der Waals surface area contributed by atoms with Crippen LogP contribution in [0.15, 0.2) is 29.0 Å². The van der Waals surface area contributed by atoms with Gasteiger partial charge < -0.3 is 5.32 Å². The van der Waals surface area contributed by atoms with E-state index in [0.29, 0.717) is 5.82 Å². The third kappa shape index (κ3) is 2.41. The molecule has 3 aromatic rings. The fourth-order valence-corrected chi connectivity index (χ4v) is 2.22. The number of H-pyrrole nitrogens is 1. The monoisotopic (exact) mass is 337 g/mol. The molecule has 0 fully saturated rings. The van der Waals surface area contributed by atoms with Crippen molar-refractivity contribution in [3.63, 3.8) is 0 Å². The van der Waals surface area contributed by atoms with Crippen LogP contribution < -0.4 is 5.32 Å². The molecule has 0 aliphatic heterocycles. The predicted octanol–water partition coefficient (Wildman–Crippen LogP) is 3.82. The average molecular weight is 339 g/mol. The fraction of sp³-hybridized carbons (Fsp3) is 0.0833. The molecule has 0 saturated heterocycles. The molecular weight excluding hydrogens is 330 g/mol. The lowest BCUT2D eigenvalue weighted by atomic mass is 10.1. The number of aryl methyl sites for hydroxylation is 1. The van der Waals surface area contributed by atoms with Gasteiger partial charge in [0, 0.05) is 17.3 Å². The molecule has 2 aromatic heterocycles. The summed E-state index contributed by atoms with van der Waals surface area (Å²) in [6.07, 6.45) is 3.39. The Balaban J connectivity index is 2.04. The standard InChI is InChI=1S/C12H9BrClN5/c1-6-2-10-7(4-16-19-10)3-9(6)17-11-8(13)5-15-12(14)18-11/h2-5H,1H3,(H,16,19)(H,15,17,18). The van der Waals surface area contributed by atoms with Crippen LogP contribution in [0.4, 0.5) is 11.5 Å². The second-order valence-corrected chi connectivity index (χ2v) is 5.28. The first-order valence-corrected chi connectivity index (χ1v) is 6.69. The lowest BCUT2D eigenvalue weighted by Gasteiger charge is -2.10. The van der Waals surface area contributed by atoms with Gasteiger partial charge in [-0.2, -0.15) is 10.1 Å². The van der Waals surface area contributed by atoms with Crippen LogP contribution in [0.25, 0.3) is 10.9 Å². The van der Waals surface area contributed by atoms with Gasteiger partial charge in [-0.1, -0.05) is 0 Å². The van der Waals surface area contributed by atoms with Gasteiger partial charge in [-0.15, -0.1) is 0 Å². The Morgan fingerprint density at radius 1 is 1.32 bits per heavy atom. The Labute approximate surface area is 122 Å². The Hall–Kier alpha value is -1.66. The molecule has 19 heavy (non-hydrogen) atoms. The van der Waals surface area contributed by atoms with Gasteiger partial charge in [-0.05, 0) is 52.2 Å². The highest BCUT2D eigenvalue weighted by Gasteiger charge is 2.08. The van der Waals surface area contributed by atoms with E-state index in [1.54, 1.807) is 12.4 Å². The molecule has 0 saturated carbocycles. The maximum atomic E-state index is 5.80. The summed E-state index contributed by atoms with van der Waals surface area (Å²) in [5.74, 6) is 0.631. The van der Waals surface area contributed by atoms with Crippen LogP contribution in [0.3, 0.4) is 0 Å². The summed E-state index contributed by atoms with van der Waals surface area (Å²) in [6.45, 7) is 2.01. The number of hydrogen-bond acceptors (Lipinski definition) is 4. The minimum absolute atomic E-state index is 0.202. The second kappa shape index (κ2) is 4.79. The molecule has 2 N–H and O–H groups in total. The van der Waals surface area contributed by atoms with Crippen LogP contribution in [0.1, 0.15) is 5.56 Å². The van der Waals surface area contributed by atoms with E-state index in [-0.39, 0.29) is 5.28 Å². The Bertz CT molecular complexity index is 755. The molecule has 5 nitrogen and oxygen atoms in total. The fourth-order valence-electron chi connectivity index (χ4n) is 1.80. The first kappa shape index (κ1) is 12.4. The zero-order chi connectivity index (χ0) is 13.4. The van der Waals surface area contributed by atoms with Crippen LogP contribution in [0.2, 0.25) is 5.28 Å². The maximum absolute atomic E-state index is 5.80. The first-order chi connectivity index (χ1) is 9.13. The van der Waals surface area contributed by atoms with Crippen LogP contribution >= 0.6 is 27.5 Å². The Morgan fingerprint density at radius 3 is 3.00 bits per heavy atom. The van der Waals surface area contributed by atoms with Gasteiger partial charge >= 0.3 is 0 Å². The van der Waals surface area contributed by atoms with Gasteiger partial charge in [0.2, 0.25) is 5.28 Å². The summed E-state index contributed by atoms with van der Waals surface area (Å²) in [7, 11) is 0. The topological polar surface area (TPSA) is 66.5 Å². The summed E-state index contributed by atoms with van der Waals surface area (Å²) in [5.41, 5.74) is 3.03. The van der Waals surface area contributed by atoms with Crippen LogP contribution in [0, 0.1) is 6.92 Å². The number of nitrogens with one attached hydrogen (secondary N) is 2. The quantitative estimate of drug-likeness (QED) is 0.697. The number of benzene rings is 1. The summed E-state index contributed by atoms with van der Waals surface area (Å²) in [6, 6.07) is 4.04. The average Bonchev–Trinajstić information content (AvgIpc) is 2.81. The largest absolute Gasteiger partial charge is 0.339 e. The number of rotatable bonds is 2. The molecule has 1 aromatic carbocycles. The molecule has 2 heterocycles. The Kier molecular flexibility index (Phi) is 3.12. The number of aromatic nitrogens is 4. The van der Waals surface area contributed by atoms with Gasteiger partial charge in [0.05, 0.1) is 16.2 Å². The van der Waals surface area contributed by atoms with Crippen molar-refractivity contribution in [1.82, 2.24) is 20.2 Å². The van der Waals surface area contributed by atoms with Crippen molar-refractivity contribution in [2.45, 2.75) is 6.92 Å². The molecule has 0 amide bonds. The molecule has 0 bridgehead atoms. The highest BCUT2D eigenvalue weighted by atomic mass is 79.9. The van der Waals surface area contributed by atoms with E-state index >= 15 is 0 Å². The second-order valence-electron chi connectivity index (χ2n) is 4.08. The van der Waals surface area contributed by atoms with Crippen LogP contribution in [-0.4, -0.2) is 20.2 Å². The zero-order valence-corrected chi connectivity index (χ0v) is 12.2. The van der Waals surface area contributed by atoms with E-state index in [9.17, 15) is 0 Å². The summed E-state index contributed by atoms with van der Waals surface area (Å²) in [4.78, 5) is 8.05. The van der Waals surface area contributed by atoms with Crippen LogP contribution in [0.5, 0.6) is 0 Å². The van der Waals surface area contributed by atoms with Crippen molar-refractivity contribution in [2.75, 3.05) is 5.32 Å². The minimum Gasteiger partial charge on any atom is -0.339 e. The van der Waals surface area contributed by atoms with E-state index in [0.717, 1.165) is 26.6 Å². The molecule has 0 aliphatic carbocycles. The lowest BCUT2D eigenvalue weighted by molar-refractivity contribution is 1.12. The third-order valence-electron chi connectivity index (χ3n) is 2.75. The van der Waals surface area contributed by atoms with E-state index in [1.165, 1.54) is 0 Å². The van der Waals surface area contributed by atoms with Gasteiger partial charge in [-0.3, -0.25) is 5.10 Å². The smallest absolute Gasteiger partial charge is 0.224 e. The van der Waals surface area contributed by atoms with E-state index in [4.69, 9.17) is 11.6 Å². The number of anilines is 2. The van der Waals surface area contributed by atoms with Crippen molar-refractivity contribution >= 4 is 49.9 Å². The van der Waals surface area contributed by atoms with Gasteiger partial charge in [0.25, 0.3) is 0 Å². The molecule has 0 atom stereocenters. The molecule has 3 rings (SSSR count). The van der Waals surface area contributed by atoms with Crippen LogP contribution in [-0.2, 0) is 0 Å². The molecule has 7 heteroatoms. The zero-order valence-electron chi connectivity index (χ0n) is 9.91. The molecule has 0 radical (unpaired) electrons. The maximum Gasteiger partial charge on any atom is 0.224 e. The minimum atomic E-state index is 0.202. The number of halogens is 2. The van der Waals surface area contributed by atoms with Crippen molar-refractivity contribution in [1.29, 1.82) is 0 Å². The highest BCUT2D eigenvalue weighted by Crippen LogP contribution is 2.28. The van der Waals surface area contributed by atoms with Crippen molar-refractivity contribution < 1.29 is 0 Å². The van der Waals surface area contributed by atoms with Crippen molar-refractivity contribution in [3.8, 4) is 0 Å². The molecule has 0 spiro atoms. The third-order valence-corrected chi connectivity index (χ3v) is 3.52. The van der Waals surface area contributed by atoms with Gasteiger partial charge in [-0.25, -0.2) is 4.98 Å². The SMILES string of the molecule is Cc1cc2[nH]ncc2cc1Nc1nc(Cl)ncc1Br. The lowest BCUT2D eigenvalue weighted by Crippen LogP contribution is -1.98. The highest BCUT2D eigenvalue weighted by molar-refractivity contribution is 9.10. The Morgan fingerprint density at radius 2 is 2.16 bits per heavy atom. The molecule has 0 unspecified atom stereocenters. The number of nitrogens with zero attached hydrogens (tertiary/aromatic N) is 3. The summed E-state index contributed by atoms with van der Waals surface area (Å²) < 4.78 is 0.753. The molecular formula is C12H9BrClN5. The normalized spacial score (nSPS) is 10.9. The number of hydrogen-bond donors (Lipinski definition) is 2. The summed E-state index contributed by atoms with van der Waals surface area (Å²) >= 11 is 9.19. The van der Waals surface area contributed by atoms with E-state index in [2.05, 4.69) is 41.4 Å².